The Hall–Kier alpha value is -3.26. The number of nitrogens with two attached hydrogens (primary N) is 3. The van der Waals surface area contributed by atoms with Crippen molar-refractivity contribution in [1.29, 1.82) is 0 Å². The number of aliphatic carboxylic acids is 2. The Kier molecular flexibility index (Phi) is 14.1. The first-order valence-electron chi connectivity index (χ1n) is 10.9. The van der Waals surface area contributed by atoms with Crippen LogP contribution in [0.15, 0.2) is 0 Å². The number of hydrogen-bond donors (Lipinski definition) is 8. The normalized spacial score (nSPS) is 15.2. The highest BCUT2D eigenvalue weighted by molar-refractivity contribution is 5.96. The van der Waals surface area contributed by atoms with Gasteiger partial charge in [-0.15, -0.1) is 0 Å². The van der Waals surface area contributed by atoms with E-state index in [9.17, 15) is 33.9 Å². The molecule has 5 unspecified atom stereocenters. The van der Waals surface area contributed by atoms with Crippen LogP contribution in [-0.4, -0.2) is 76.5 Å². The van der Waals surface area contributed by atoms with Crippen LogP contribution < -0.4 is 33.2 Å². The fourth-order valence-corrected chi connectivity index (χ4v) is 2.94. The third kappa shape index (κ3) is 11.6. The number of amides is 4. The minimum atomic E-state index is -1.61. The summed E-state index contributed by atoms with van der Waals surface area (Å²) in [5.74, 6) is -6.72. The van der Waals surface area contributed by atoms with Crippen LogP contribution in [0.5, 0.6) is 0 Å². The summed E-state index contributed by atoms with van der Waals surface area (Å²) in [7, 11) is 0. The minimum absolute atomic E-state index is 0.0874. The summed E-state index contributed by atoms with van der Waals surface area (Å²) < 4.78 is 0. The Morgan fingerprint density at radius 2 is 1.41 bits per heavy atom. The molecule has 0 aromatic rings. The lowest BCUT2D eigenvalue weighted by molar-refractivity contribution is -0.144. The lowest BCUT2D eigenvalue weighted by Gasteiger charge is -2.26. The molecule has 0 aliphatic rings. The van der Waals surface area contributed by atoms with Crippen LogP contribution in [0.2, 0.25) is 0 Å². The maximum atomic E-state index is 12.8. The van der Waals surface area contributed by atoms with E-state index in [2.05, 4.69) is 16.0 Å². The number of nitrogens with one attached hydrogen (secondary N) is 3. The second-order valence-corrected chi connectivity index (χ2v) is 7.99. The van der Waals surface area contributed by atoms with Crippen molar-refractivity contribution in [3.05, 3.63) is 0 Å². The number of carbonyl (C=O) groups excluding carboxylic acids is 4. The van der Waals surface area contributed by atoms with E-state index in [1.807, 2.05) is 0 Å². The summed E-state index contributed by atoms with van der Waals surface area (Å²) in [6.07, 6.45) is 0.151. The topological polar surface area (TPSA) is 257 Å². The number of rotatable bonds is 17. The molecule has 0 bridgehead atoms. The Morgan fingerprint density at radius 1 is 0.853 bits per heavy atom. The maximum absolute atomic E-state index is 12.8. The number of carboxylic acids is 2. The predicted octanol–water partition coefficient (Wildman–Crippen LogP) is -2.62. The number of unbranched alkanes of at least 4 members (excludes halogenated alkanes) is 1. The summed E-state index contributed by atoms with van der Waals surface area (Å²) >= 11 is 0. The van der Waals surface area contributed by atoms with Gasteiger partial charge in [0.15, 0.2) is 0 Å². The molecule has 4 amide bonds. The van der Waals surface area contributed by atoms with E-state index < -0.39 is 78.5 Å². The first-order valence-corrected chi connectivity index (χ1v) is 10.9. The van der Waals surface area contributed by atoms with Gasteiger partial charge in [0.1, 0.15) is 18.1 Å². The molecule has 11 N–H and O–H groups in total. The van der Waals surface area contributed by atoms with Crippen molar-refractivity contribution in [2.75, 3.05) is 6.54 Å². The standard InChI is InChI=1S/C20H36N6O8/c1-3-10(2)16(20(33)34)26-19(32)13(9-15(28)29)25-18(31)12(6-4-5-7-21)24-17(30)11(22)8-14(23)27/h10-13,16H,3-9,21-22H2,1-2H3,(H2,23,27)(H,24,30)(H,25,31)(H,26,32)(H,28,29)(H,33,34). The molecule has 0 aliphatic heterocycles. The number of carboxylic acid groups (broad SMARTS) is 2. The predicted molar refractivity (Wildman–Crippen MR) is 120 cm³/mol. The van der Waals surface area contributed by atoms with Gasteiger partial charge in [-0.05, 0) is 31.7 Å². The summed E-state index contributed by atoms with van der Waals surface area (Å²) in [4.78, 5) is 71.5. The van der Waals surface area contributed by atoms with Crippen LogP contribution in [-0.2, 0) is 28.8 Å². The van der Waals surface area contributed by atoms with Gasteiger partial charge in [-0.25, -0.2) is 4.79 Å². The Balaban J connectivity index is 5.58. The van der Waals surface area contributed by atoms with Crippen LogP contribution >= 0.6 is 0 Å². The van der Waals surface area contributed by atoms with Gasteiger partial charge in [-0.2, -0.15) is 0 Å². The maximum Gasteiger partial charge on any atom is 0.326 e. The van der Waals surface area contributed by atoms with Crippen molar-refractivity contribution in [1.82, 2.24) is 16.0 Å². The molecule has 0 rings (SSSR count). The third-order valence-electron chi connectivity index (χ3n) is 5.13. The molecule has 0 heterocycles. The quantitative estimate of drug-likeness (QED) is 0.0988. The van der Waals surface area contributed by atoms with Gasteiger partial charge in [-0.1, -0.05) is 20.3 Å². The van der Waals surface area contributed by atoms with Crippen LogP contribution in [0.4, 0.5) is 0 Å². The summed E-state index contributed by atoms with van der Waals surface area (Å²) in [6.45, 7) is 3.64. The van der Waals surface area contributed by atoms with Crippen molar-refractivity contribution < 1.29 is 39.0 Å². The van der Waals surface area contributed by atoms with E-state index in [-0.39, 0.29) is 6.42 Å². The SMILES string of the molecule is CCC(C)C(NC(=O)C(CC(=O)O)NC(=O)C(CCCCN)NC(=O)C(N)CC(N)=O)C(=O)O. The zero-order valence-corrected chi connectivity index (χ0v) is 19.4. The lowest BCUT2D eigenvalue weighted by Crippen LogP contribution is -2.58. The fraction of sp³-hybridized carbons (Fsp3) is 0.700. The third-order valence-corrected chi connectivity index (χ3v) is 5.13. The fourth-order valence-electron chi connectivity index (χ4n) is 2.94. The molecule has 0 aromatic heterocycles. The summed E-state index contributed by atoms with van der Waals surface area (Å²) in [5.41, 5.74) is 16.1. The average Bonchev–Trinajstić information content (AvgIpc) is 2.74. The Morgan fingerprint density at radius 3 is 1.88 bits per heavy atom. The van der Waals surface area contributed by atoms with E-state index in [0.717, 1.165) is 0 Å². The first kappa shape index (κ1) is 30.7. The van der Waals surface area contributed by atoms with E-state index in [0.29, 0.717) is 25.8 Å². The van der Waals surface area contributed by atoms with Crippen molar-refractivity contribution in [3.8, 4) is 0 Å². The highest BCUT2D eigenvalue weighted by Crippen LogP contribution is 2.09. The van der Waals surface area contributed by atoms with Gasteiger partial charge in [0.2, 0.25) is 23.6 Å². The van der Waals surface area contributed by atoms with Crippen molar-refractivity contribution >= 4 is 35.6 Å². The average molecular weight is 489 g/mol. The molecule has 194 valence electrons. The van der Waals surface area contributed by atoms with Crippen LogP contribution in [0.1, 0.15) is 52.4 Å². The van der Waals surface area contributed by atoms with Crippen LogP contribution in [0.25, 0.3) is 0 Å². The molecule has 14 nitrogen and oxygen atoms in total. The first-order chi connectivity index (χ1) is 15.8. The molecule has 5 atom stereocenters. The lowest BCUT2D eigenvalue weighted by atomic mass is 9.98. The van der Waals surface area contributed by atoms with Crippen molar-refractivity contribution in [2.45, 2.75) is 76.5 Å². The molecule has 0 fully saturated rings. The molecule has 0 aromatic carbocycles. The van der Waals surface area contributed by atoms with Gasteiger partial charge in [0.05, 0.1) is 18.9 Å². The highest BCUT2D eigenvalue weighted by atomic mass is 16.4. The van der Waals surface area contributed by atoms with Gasteiger partial charge in [0.25, 0.3) is 0 Å². The molecular weight excluding hydrogens is 452 g/mol. The Labute approximate surface area is 197 Å². The van der Waals surface area contributed by atoms with E-state index in [4.69, 9.17) is 22.3 Å². The molecule has 0 saturated heterocycles. The van der Waals surface area contributed by atoms with E-state index in [1.54, 1.807) is 13.8 Å². The summed E-state index contributed by atoms with van der Waals surface area (Å²) in [5, 5.41) is 25.4. The zero-order valence-electron chi connectivity index (χ0n) is 19.4. The molecule has 0 aliphatic carbocycles. The number of carbonyl (C=O) groups is 6. The van der Waals surface area contributed by atoms with Gasteiger partial charge in [0, 0.05) is 0 Å². The summed E-state index contributed by atoms with van der Waals surface area (Å²) in [6, 6.07) is -5.43. The molecule has 0 spiro atoms. The van der Waals surface area contributed by atoms with E-state index >= 15 is 0 Å². The van der Waals surface area contributed by atoms with Gasteiger partial charge >= 0.3 is 11.9 Å². The molecule has 34 heavy (non-hydrogen) atoms. The second kappa shape index (κ2) is 15.6. The zero-order chi connectivity index (χ0) is 26.4. The van der Waals surface area contributed by atoms with Crippen molar-refractivity contribution in [3.63, 3.8) is 0 Å². The van der Waals surface area contributed by atoms with Crippen LogP contribution in [0, 0.1) is 5.92 Å². The number of primary amides is 1. The van der Waals surface area contributed by atoms with Crippen LogP contribution in [0.3, 0.4) is 0 Å². The number of hydrogen-bond acceptors (Lipinski definition) is 8. The monoisotopic (exact) mass is 488 g/mol. The highest BCUT2D eigenvalue weighted by Gasteiger charge is 2.33. The molecule has 0 saturated carbocycles. The molecule has 0 radical (unpaired) electrons. The Bertz CT molecular complexity index is 747. The smallest absolute Gasteiger partial charge is 0.326 e. The van der Waals surface area contributed by atoms with Gasteiger partial charge in [-0.3, -0.25) is 24.0 Å². The molecular formula is C20H36N6O8. The minimum Gasteiger partial charge on any atom is -0.481 e. The second-order valence-electron chi connectivity index (χ2n) is 7.99. The van der Waals surface area contributed by atoms with E-state index in [1.165, 1.54) is 0 Å². The molecule has 14 heteroatoms. The largest absolute Gasteiger partial charge is 0.481 e. The van der Waals surface area contributed by atoms with Crippen molar-refractivity contribution in [2.24, 2.45) is 23.1 Å². The van der Waals surface area contributed by atoms with Gasteiger partial charge < -0.3 is 43.4 Å².